The first-order valence-corrected chi connectivity index (χ1v) is 4.05. The van der Waals surface area contributed by atoms with Crippen molar-refractivity contribution in [2.75, 3.05) is 5.75 Å². The monoisotopic (exact) mass is 115 g/mol. The van der Waals surface area contributed by atoms with Crippen LogP contribution in [0.1, 0.15) is 6.92 Å². The van der Waals surface area contributed by atoms with Crippen LogP contribution in [-0.4, -0.2) is 11.3 Å². The molecule has 2 heteroatoms. The summed E-state index contributed by atoms with van der Waals surface area (Å²) in [6, 6.07) is 0. The highest BCUT2D eigenvalue weighted by molar-refractivity contribution is 8.31. The zero-order valence-electron chi connectivity index (χ0n) is 4.33. The maximum atomic E-state index is 3.96. The van der Waals surface area contributed by atoms with Crippen LogP contribution in [0.3, 0.4) is 0 Å². The highest BCUT2D eigenvalue weighted by atomic mass is 32.2. The Balaban J connectivity index is 2.44. The van der Waals surface area contributed by atoms with E-state index in [4.69, 9.17) is 0 Å². The molecule has 0 fully saturated rings. The molecule has 1 aliphatic rings. The van der Waals surface area contributed by atoms with Crippen molar-refractivity contribution in [3.8, 4) is 0 Å². The van der Waals surface area contributed by atoms with Gasteiger partial charge in [0, 0.05) is 11.7 Å². The molecule has 0 bridgehead atoms. The number of hydrogen-bond donors (Lipinski definition) is 1. The Kier molecular flexibility index (Phi) is 1.52. The van der Waals surface area contributed by atoms with E-state index in [2.05, 4.69) is 17.3 Å². The average Bonchev–Trinajstić information content (AvgIpc) is 2.14. The van der Waals surface area contributed by atoms with Crippen molar-refractivity contribution in [1.29, 1.82) is 0 Å². The molecule has 0 aromatic carbocycles. The van der Waals surface area contributed by atoms with Crippen molar-refractivity contribution in [1.82, 2.24) is 0 Å². The molecule has 0 aromatic heterocycles. The molecule has 1 rings (SSSR count). The lowest BCUT2D eigenvalue weighted by molar-refractivity contribution is 1.53. The Morgan fingerprint density at radius 3 is 2.86 bits per heavy atom. The number of thiol groups is 1. The minimum atomic E-state index is 0.0849. The van der Waals surface area contributed by atoms with Gasteiger partial charge >= 0.3 is 0 Å². The number of hydrogen-bond acceptors (Lipinski definition) is 1. The molecule has 0 N–H and O–H groups in total. The molecule has 1 unspecified atom stereocenters. The lowest BCUT2D eigenvalue weighted by Gasteiger charge is -1.98. The molecular weight excluding hydrogens is 106 g/mol. The van der Waals surface area contributed by atoms with Crippen LogP contribution in [-0.2, 0) is 0 Å². The van der Waals surface area contributed by atoms with Crippen molar-refractivity contribution >= 4 is 16.4 Å². The largest absolute Gasteiger partial charge is 0.259 e. The van der Waals surface area contributed by atoms with Gasteiger partial charge in [-0.25, -0.2) is 0 Å². The maximum Gasteiger partial charge on any atom is 0.0436 e. The van der Waals surface area contributed by atoms with E-state index in [0.717, 1.165) is 0 Å². The Hall–Kier alpha value is -0.240. The van der Waals surface area contributed by atoms with E-state index in [1.807, 2.05) is 11.7 Å². The van der Waals surface area contributed by atoms with Crippen LogP contribution < -0.4 is 0 Å². The lowest BCUT2D eigenvalue weighted by Crippen LogP contribution is -1.73. The van der Waals surface area contributed by atoms with Crippen LogP contribution in [0.2, 0.25) is 0 Å². The lowest BCUT2D eigenvalue weighted by atomic mass is 11.0. The molecule has 7 heavy (non-hydrogen) atoms. The van der Waals surface area contributed by atoms with E-state index in [0.29, 0.717) is 0 Å². The van der Waals surface area contributed by atoms with Crippen molar-refractivity contribution < 1.29 is 0 Å². The van der Waals surface area contributed by atoms with Crippen molar-refractivity contribution in [2.24, 2.45) is 4.99 Å². The van der Waals surface area contributed by atoms with Crippen molar-refractivity contribution in [3.05, 3.63) is 11.6 Å². The minimum Gasteiger partial charge on any atom is -0.259 e. The molecular formula is C5H9NS. The Labute approximate surface area is 46.5 Å². The smallest absolute Gasteiger partial charge is 0.0436 e. The average molecular weight is 115 g/mol. The summed E-state index contributed by atoms with van der Waals surface area (Å²) in [5.41, 5.74) is 2.04. The first-order valence-electron chi connectivity index (χ1n) is 2.39. The van der Waals surface area contributed by atoms with Gasteiger partial charge in [0.1, 0.15) is 0 Å². The predicted molar refractivity (Wildman–Crippen MR) is 37.2 cm³/mol. The van der Waals surface area contributed by atoms with Gasteiger partial charge < -0.3 is 0 Å². The van der Waals surface area contributed by atoms with Gasteiger partial charge in [-0.15, -0.1) is 0 Å². The minimum absolute atomic E-state index is 0.0849. The molecule has 0 aliphatic carbocycles. The second-order valence-electron chi connectivity index (χ2n) is 1.39. The van der Waals surface area contributed by atoms with Gasteiger partial charge in [-0.1, -0.05) is 6.92 Å². The highest BCUT2D eigenvalue weighted by Crippen LogP contribution is 2.25. The molecule has 1 atom stereocenters. The third-order valence-electron chi connectivity index (χ3n) is 0.924. The highest BCUT2D eigenvalue weighted by Gasteiger charge is 1.92. The fourth-order valence-electron chi connectivity index (χ4n) is 0.474. The molecule has 40 valence electrons. The molecule has 1 nitrogen and oxygen atoms in total. The summed E-state index contributed by atoms with van der Waals surface area (Å²) in [5, 5.41) is 2.18. The molecule has 0 aromatic rings. The van der Waals surface area contributed by atoms with Gasteiger partial charge in [0.25, 0.3) is 0 Å². The standard InChI is InChI=1S/C5H9NS/c1-2-7-4-3-6-5-7/h3-5,7H,2H2,1H3. The van der Waals surface area contributed by atoms with Crippen LogP contribution >= 0.6 is 10.9 Å². The fraction of sp³-hybridized carbons (Fsp3) is 0.400. The Morgan fingerprint density at radius 2 is 2.57 bits per heavy atom. The van der Waals surface area contributed by atoms with E-state index in [1.165, 1.54) is 5.75 Å². The second kappa shape index (κ2) is 2.17. The zero-order valence-corrected chi connectivity index (χ0v) is 5.23. The third kappa shape index (κ3) is 1.06. The van der Waals surface area contributed by atoms with Gasteiger partial charge in [0.05, 0.1) is 0 Å². The Morgan fingerprint density at radius 1 is 1.71 bits per heavy atom. The van der Waals surface area contributed by atoms with E-state index in [9.17, 15) is 0 Å². The van der Waals surface area contributed by atoms with Gasteiger partial charge in [0.2, 0.25) is 0 Å². The molecule has 0 amide bonds. The first-order chi connectivity index (χ1) is 3.43. The van der Waals surface area contributed by atoms with E-state index >= 15 is 0 Å². The van der Waals surface area contributed by atoms with Crippen LogP contribution in [0.15, 0.2) is 16.6 Å². The summed E-state index contributed by atoms with van der Waals surface area (Å²) in [6.45, 7) is 2.19. The second-order valence-corrected chi connectivity index (χ2v) is 3.58. The molecule has 0 saturated carbocycles. The zero-order chi connectivity index (χ0) is 5.11. The first kappa shape index (κ1) is 4.91. The molecule has 1 aliphatic heterocycles. The summed E-state index contributed by atoms with van der Waals surface area (Å²) in [4.78, 5) is 3.96. The van der Waals surface area contributed by atoms with Crippen molar-refractivity contribution in [2.45, 2.75) is 6.92 Å². The Bertz CT molecular complexity index is 94.6. The normalized spacial score (nSPS) is 31.9. The topological polar surface area (TPSA) is 12.4 Å². The van der Waals surface area contributed by atoms with Crippen LogP contribution in [0.5, 0.6) is 0 Å². The number of aliphatic imine (C=N–C) groups is 1. The van der Waals surface area contributed by atoms with Crippen LogP contribution in [0, 0.1) is 0 Å². The molecule has 0 saturated heterocycles. The molecule has 0 radical (unpaired) electrons. The summed E-state index contributed by atoms with van der Waals surface area (Å²) in [7, 11) is 0.0849. The van der Waals surface area contributed by atoms with E-state index < -0.39 is 0 Å². The summed E-state index contributed by atoms with van der Waals surface area (Å²) >= 11 is 0. The molecule has 1 heterocycles. The fourth-order valence-corrected chi connectivity index (χ4v) is 1.42. The predicted octanol–water partition coefficient (Wildman–Crippen LogP) is 1.52. The van der Waals surface area contributed by atoms with Gasteiger partial charge in [-0.3, -0.25) is 4.99 Å². The summed E-state index contributed by atoms with van der Waals surface area (Å²) < 4.78 is 0. The SMILES string of the molecule is CC[SH]1C=CN=C1. The van der Waals surface area contributed by atoms with Gasteiger partial charge in [-0.05, 0) is 11.2 Å². The van der Waals surface area contributed by atoms with E-state index in [-0.39, 0.29) is 10.9 Å². The third-order valence-corrected chi connectivity index (χ3v) is 2.60. The summed E-state index contributed by atoms with van der Waals surface area (Å²) in [5.74, 6) is 1.25. The van der Waals surface area contributed by atoms with Crippen molar-refractivity contribution in [3.63, 3.8) is 0 Å². The van der Waals surface area contributed by atoms with Crippen LogP contribution in [0.4, 0.5) is 0 Å². The number of rotatable bonds is 1. The van der Waals surface area contributed by atoms with Gasteiger partial charge in [0.15, 0.2) is 0 Å². The van der Waals surface area contributed by atoms with Gasteiger partial charge in [-0.2, -0.15) is 10.9 Å². The van der Waals surface area contributed by atoms with Crippen LogP contribution in [0.25, 0.3) is 0 Å². The van der Waals surface area contributed by atoms with E-state index in [1.54, 1.807) is 0 Å². The summed E-state index contributed by atoms with van der Waals surface area (Å²) in [6.07, 6.45) is 1.88. The molecule has 0 spiro atoms. The number of nitrogens with zero attached hydrogens (tertiary/aromatic N) is 1. The quantitative estimate of drug-likeness (QED) is 0.497. The maximum absolute atomic E-state index is 3.96.